The predicted octanol–water partition coefficient (Wildman–Crippen LogP) is 12.4. The van der Waals surface area contributed by atoms with Crippen LogP contribution >= 0.6 is 11.8 Å². The standard InChI is InChI=1S/C46H26N4OS/c1-2-14-29(15-3-1)49-35-25-24-28(26-34(35)40-33-19-11-23-39-43(33)50(46(40)49)36-20-7-9-22-38(36)52-39)44-47-42(31-18-10-13-27-12-4-5-16-30(27)31)41-32-17-6-8-21-37(32)51-45(41)48-44/h1-26H. The summed E-state index contributed by atoms with van der Waals surface area (Å²) in [5.41, 5.74) is 10.1. The molecular formula is C46H26N4OS. The predicted molar refractivity (Wildman–Crippen MR) is 213 cm³/mol. The molecule has 0 amide bonds. The summed E-state index contributed by atoms with van der Waals surface area (Å²) >= 11 is 1.84. The molecule has 4 aromatic heterocycles. The highest BCUT2D eigenvalue weighted by Gasteiger charge is 2.28. The number of fused-ring (bicyclic) bond motifs is 11. The fraction of sp³-hybridized carbons (Fsp3) is 0. The third-order valence-electron chi connectivity index (χ3n) is 10.5. The highest BCUT2D eigenvalue weighted by atomic mass is 32.2. The van der Waals surface area contributed by atoms with E-state index >= 15 is 0 Å². The van der Waals surface area contributed by atoms with Crippen molar-refractivity contribution in [2.45, 2.75) is 9.79 Å². The lowest BCUT2D eigenvalue weighted by atomic mass is 9.99. The SMILES string of the molecule is c1ccc(-n2c3ccc(-c4nc(-c5cccc6ccccc56)c5c(n4)oc4ccccc45)cc3c3c4cccc5c4n(c32)-c2ccccc2S5)cc1. The molecule has 0 N–H and O–H groups in total. The second kappa shape index (κ2) is 10.4. The zero-order chi connectivity index (χ0) is 33.9. The zero-order valence-corrected chi connectivity index (χ0v) is 28.4. The van der Waals surface area contributed by atoms with Gasteiger partial charge in [-0.25, -0.2) is 4.98 Å². The number of nitrogens with zero attached hydrogens (tertiary/aromatic N) is 4. The second-order valence-corrected chi connectivity index (χ2v) is 14.4. The van der Waals surface area contributed by atoms with Crippen LogP contribution in [0.3, 0.4) is 0 Å². The number of hydrogen-bond donors (Lipinski definition) is 0. The summed E-state index contributed by atoms with van der Waals surface area (Å²) in [6.07, 6.45) is 0. The van der Waals surface area contributed by atoms with E-state index in [1.54, 1.807) is 0 Å². The van der Waals surface area contributed by atoms with E-state index in [0.29, 0.717) is 11.5 Å². The van der Waals surface area contributed by atoms with Crippen molar-refractivity contribution >= 4 is 77.4 Å². The molecule has 6 heteroatoms. The van der Waals surface area contributed by atoms with Crippen LogP contribution in [0.1, 0.15) is 0 Å². The highest BCUT2D eigenvalue weighted by Crippen LogP contribution is 2.50. The Morgan fingerprint density at radius 1 is 0.538 bits per heavy atom. The number of rotatable bonds is 3. The van der Waals surface area contributed by atoms with Crippen molar-refractivity contribution < 1.29 is 4.42 Å². The average Bonchev–Trinajstić information content (AvgIpc) is 3.86. The van der Waals surface area contributed by atoms with Crippen molar-refractivity contribution in [3.63, 3.8) is 0 Å². The maximum Gasteiger partial charge on any atom is 0.231 e. The third-order valence-corrected chi connectivity index (χ3v) is 11.6. The molecule has 0 saturated heterocycles. The van der Waals surface area contributed by atoms with Crippen LogP contribution in [0.2, 0.25) is 0 Å². The normalized spacial score (nSPS) is 12.5. The van der Waals surface area contributed by atoms with Crippen LogP contribution in [0.5, 0.6) is 0 Å². The number of aromatic nitrogens is 4. The van der Waals surface area contributed by atoms with Crippen LogP contribution in [-0.4, -0.2) is 19.1 Å². The fourth-order valence-electron chi connectivity index (χ4n) is 8.34. The topological polar surface area (TPSA) is 48.8 Å². The zero-order valence-electron chi connectivity index (χ0n) is 27.6. The van der Waals surface area contributed by atoms with Crippen LogP contribution in [-0.2, 0) is 0 Å². The third kappa shape index (κ3) is 3.79. The summed E-state index contributed by atoms with van der Waals surface area (Å²) in [7, 11) is 0. The first-order valence-electron chi connectivity index (χ1n) is 17.4. The molecule has 0 saturated carbocycles. The molecule has 12 rings (SSSR count). The summed E-state index contributed by atoms with van der Waals surface area (Å²) in [6, 6.07) is 55.8. The van der Waals surface area contributed by atoms with E-state index < -0.39 is 0 Å². The summed E-state index contributed by atoms with van der Waals surface area (Å²) < 4.78 is 11.4. The lowest BCUT2D eigenvalue weighted by Crippen LogP contribution is -2.05. The van der Waals surface area contributed by atoms with Gasteiger partial charge in [0.05, 0.1) is 27.8 Å². The maximum atomic E-state index is 6.48. The lowest BCUT2D eigenvalue weighted by molar-refractivity contribution is 0.653. The summed E-state index contributed by atoms with van der Waals surface area (Å²) in [4.78, 5) is 13.1. The van der Waals surface area contributed by atoms with Gasteiger partial charge < -0.3 is 4.42 Å². The molecule has 0 unspecified atom stereocenters. The smallest absolute Gasteiger partial charge is 0.231 e. The van der Waals surface area contributed by atoms with Crippen molar-refractivity contribution in [1.29, 1.82) is 0 Å². The molecule has 1 aliphatic rings. The van der Waals surface area contributed by atoms with Gasteiger partial charge in [-0.05, 0) is 65.4 Å². The monoisotopic (exact) mass is 682 g/mol. The Morgan fingerprint density at radius 2 is 1.29 bits per heavy atom. The van der Waals surface area contributed by atoms with Crippen molar-refractivity contribution in [1.82, 2.24) is 19.1 Å². The van der Waals surface area contributed by atoms with Gasteiger partial charge in [-0.2, -0.15) is 4.98 Å². The number of hydrogen-bond acceptors (Lipinski definition) is 4. The van der Waals surface area contributed by atoms with Gasteiger partial charge in [0.1, 0.15) is 11.2 Å². The van der Waals surface area contributed by atoms with Crippen LogP contribution < -0.4 is 0 Å². The first kappa shape index (κ1) is 28.1. The number of benzene rings is 7. The van der Waals surface area contributed by atoms with Gasteiger partial charge in [-0.3, -0.25) is 9.13 Å². The maximum absolute atomic E-state index is 6.48. The quantitative estimate of drug-likeness (QED) is 0.186. The molecule has 0 bridgehead atoms. The number of para-hydroxylation sites is 4. The van der Waals surface area contributed by atoms with Crippen molar-refractivity contribution in [2.24, 2.45) is 0 Å². The molecule has 0 aliphatic carbocycles. The first-order chi connectivity index (χ1) is 25.8. The van der Waals surface area contributed by atoms with Gasteiger partial charge >= 0.3 is 0 Å². The van der Waals surface area contributed by atoms with E-state index in [0.717, 1.165) is 60.8 Å². The fourth-order valence-corrected chi connectivity index (χ4v) is 9.43. The minimum Gasteiger partial charge on any atom is -0.438 e. The molecule has 52 heavy (non-hydrogen) atoms. The van der Waals surface area contributed by atoms with Crippen molar-refractivity contribution in [2.75, 3.05) is 0 Å². The van der Waals surface area contributed by atoms with Gasteiger partial charge in [0.15, 0.2) is 5.82 Å². The molecule has 7 aromatic carbocycles. The first-order valence-corrected chi connectivity index (χ1v) is 18.2. The van der Waals surface area contributed by atoms with E-state index in [2.05, 4.69) is 149 Å². The minimum atomic E-state index is 0.585. The van der Waals surface area contributed by atoms with Crippen LogP contribution in [0.25, 0.3) is 99.7 Å². The summed E-state index contributed by atoms with van der Waals surface area (Å²) in [5.74, 6) is 0.631. The molecule has 0 radical (unpaired) electrons. The molecule has 1 aliphatic heterocycles. The van der Waals surface area contributed by atoms with E-state index in [9.17, 15) is 0 Å². The Morgan fingerprint density at radius 3 is 2.23 bits per heavy atom. The summed E-state index contributed by atoms with van der Waals surface area (Å²) in [5, 5.41) is 7.86. The second-order valence-electron chi connectivity index (χ2n) is 13.4. The highest BCUT2D eigenvalue weighted by molar-refractivity contribution is 7.99. The Hall–Kier alpha value is -6.63. The van der Waals surface area contributed by atoms with E-state index in [4.69, 9.17) is 14.4 Å². The molecule has 5 heterocycles. The molecule has 0 atom stereocenters. The van der Waals surface area contributed by atoms with Crippen LogP contribution in [0, 0.1) is 0 Å². The van der Waals surface area contributed by atoms with Crippen LogP contribution in [0.4, 0.5) is 0 Å². The van der Waals surface area contributed by atoms with Gasteiger partial charge in [-0.15, -0.1) is 0 Å². The molecular weight excluding hydrogens is 657 g/mol. The molecule has 0 fully saturated rings. The van der Waals surface area contributed by atoms with E-state index in [1.165, 1.54) is 37.2 Å². The van der Waals surface area contributed by atoms with Crippen molar-refractivity contribution in [3.8, 4) is 34.0 Å². The van der Waals surface area contributed by atoms with Crippen LogP contribution in [0.15, 0.2) is 172 Å². The summed E-state index contributed by atoms with van der Waals surface area (Å²) in [6.45, 7) is 0. The Kier molecular flexibility index (Phi) is 5.65. The Balaban J connectivity index is 1.20. The van der Waals surface area contributed by atoms with Crippen molar-refractivity contribution in [3.05, 3.63) is 158 Å². The van der Waals surface area contributed by atoms with Gasteiger partial charge in [0.2, 0.25) is 5.71 Å². The largest absolute Gasteiger partial charge is 0.438 e. The Labute approximate surface area is 301 Å². The molecule has 5 nitrogen and oxygen atoms in total. The van der Waals surface area contributed by atoms with Gasteiger partial charge in [0, 0.05) is 48.2 Å². The van der Waals surface area contributed by atoms with Gasteiger partial charge in [-0.1, -0.05) is 115 Å². The van der Waals surface area contributed by atoms with E-state index in [-0.39, 0.29) is 0 Å². The minimum absolute atomic E-state index is 0.585. The number of furan rings is 1. The molecule has 0 spiro atoms. The lowest BCUT2D eigenvalue weighted by Gasteiger charge is -2.21. The Bertz CT molecular complexity index is 3270. The van der Waals surface area contributed by atoms with E-state index in [1.807, 2.05) is 30.0 Å². The molecule has 11 aromatic rings. The molecule has 242 valence electrons. The van der Waals surface area contributed by atoms with Gasteiger partial charge in [0.25, 0.3) is 0 Å². The average molecular weight is 683 g/mol.